The molecule has 0 spiro atoms. The monoisotopic (exact) mass is 565 g/mol. The largest absolute Gasteiger partial charge is 0.497 e. The molecule has 3 aromatic carbocycles. The van der Waals surface area contributed by atoms with Crippen molar-refractivity contribution in [1.29, 1.82) is 0 Å². The van der Waals surface area contributed by atoms with Gasteiger partial charge in [-0.3, -0.25) is 13.9 Å². The van der Waals surface area contributed by atoms with Crippen molar-refractivity contribution in [1.82, 2.24) is 10.2 Å². The molecule has 1 atom stereocenters. The highest BCUT2D eigenvalue weighted by Gasteiger charge is 2.34. The van der Waals surface area contributed by atoms with Crippen LogP contribution in [0.4, 0.5) is 5.69 Å². The molecule has 0 aliphatic rings. The Morgan fingerprint density at radius 2 is 1.60 bits per heavy atom. The Bertz CT molecular complexity index is 1420. The molecule has 1 N–H and O–H groups in total. The van der Waals surface area contributed by atoms with Crippen molar-refractivity contribution in [3.05, 3.63) is 89.5 Å². The number of hydrogen-bond acceptors (Lipinski definition) is 5. The van der Waals surface area contributed by atoms with Gasteiger partial charge in [-0.1, -0.05) is 60.5 Å². The Morgan fingerprint density at radius 1 is 0.925 bits per heavy atom. The zero-order valence-corrected chi connectivity index (χ0v) is 24.9. The van der Waals surface area contributed by atoms with Crippen LogP contribution in [0.3, 0.4) is 0 Å². The van der Waals surface area contributed by atoms with Crippen molar-refractivity contribution in [2.24, 2.45) is 0 Å². The average Bonchev–Trinajstić information content (AvgIpc) is 2.91. The fourth-order valence-electron chi connectivity index (χ4n) is 4.44. The first-order valence-electron chi connectivity index (χ1n) is 13.3. The smallest absolute Gasteiger partial charge is 0.264 e. The van der Waals surface area contributed by atoms with E-state index < -0.39 is 28.5 Å². The number of carbonyl (C=O) groups is 2. The lowest BCUT2D eigenvalue weighted by Crippen LogP contribution is -2.53. The van der Waals surface area contributed by atoms with Crippen LogP contribution in [0.5, 0.6) is 5.75 Å². The van der Waals surface area contributed by atoms with Crippen LogP contribution in [0.25, 0.3) is 0 Å². The maximum Gasteiger partial charge on any atom is 0.264 e. The van der Waals surface area contributed by atoms with Gasteiger partial charge in [0.25, 0.3) is 10.0 Å². The third-order valence-electron chi connectivity index (χ3n) is 6.48. The number of carbonyl (C=O) groups excluding carboxylic acids is 2. The first kappa shape index (κ1) is 30.7. The van der Waals surface area contributed by atoms with Crippen LogP contribution in [0.1, 0.15) is 43.9 Å². The van der Waals surface area contributed by atoms with Gasteiger partial charge in [0.2, 0.25) is 11.8 Å². The summed E-state index contributed by atoms with van der Waals surface area (Å²) < 4.78 is 34.3. The third kappa shape index (κ3) is 7.63. The minimum Gasteiger partial charge on any atom is -0.497 e. The van der Waals surface area contributed by atoms with Crippen molar-refractivity contribution < 1.29 is 22.7 Å². The number of aryl methyl sites for hydroxylation is 2. The second-order valence-electron chi connectivity index (χ2n) is 10.1. The highest BCUT2D eigenvalue weighted by Crippen LogP contribution is 2.28. The minimum absolute atomic E-state index is 0.0588. The number of nitrogens with one attached hydrogen (secondary N) is 1. The van der Waals surface area contributed by atoms with Crippen LogP contribution in [0, 0.1) is 13.8 Å². The van der Waals surface area contributed by atoms with Crippen molar-refractivity contribution >= 4 is 27.5 Å². The molecule has 8 nitrogen and oxygen atoms in total. The molecule has 2 amide bonds. The predicted molar refractivity (Wildman–Crippen MR) is 158 cm³/mol. The molecule has 0 bridgehead atoms. The molecular formula is C31H39N3O5S. The molecular weight excluding hydrogens is 526 g/mol. The van der Waals surface area contributed by atoms with E-state index in [1.165, 1.54) is 24.1 Å². The van der Waals surface area contributed by atoms with E-state index in [1.807, 2.05) is 58.9 Å². The molecule has 0 radical (unpaired) electrons. The molecule has 3 rings (SSSR count). The standard InChI is InChI=1S/C31H39N3O5S/c1-7-29(31(36)32-22(2)3)33(20-25-11-8-10-24(5)18-25)30(35)21-34(26-12-9-13-27(19-26)39-6)40(37,38)28-16-14-23(4)15-17-28/h8-19,22,29H,7,20-21H2,1-6H3,(H,32,36)/t29-/m1/s1. The number of ether oxygens (including phenoxy) is 1. The molecule has 0 aliphatic heterocycles. The highest BCUT2D eigenvalue weighted by atomic mass is 32.2. The van der Waals surface area contributed by atoms with Crippen molar-refractivity contribution in [3.63, 3.8) is 0 Å². The molecule has 40 heavy (non-hydrogen) atoms. The zero-order chi connectivity index (χ0) is 29.4. The SMILES string of the molecule is CC[C@H](C(=O)NC(C)C)N(Cc1cccc(C)c1)C(=O)CN(c1cccc(OC)c1)S(=O)(=O)c1ccc(C)cc1. The van der Waals surface area contributed by atoms with E-state index in [1.54, 1.807) is 36.4 Å². The highest BCUT2D eigenvalue weighted by molar-refractivity contribution is 7.92. The third-order valence-corrected chi connectivity index (χ3v) is 8.27. The van der Waals surface area contributed by atoms with Crippen LogP contribution in [0.15, 0.2) is 77.7 Å². The number of nitrogens with zero attached hydrogens (tertiary/aromatic N) is 2. The number of rotatable bonds is 12. The van der Waals surface area contributed by atoms with E-state index in [0.29, 0.717) is 12.2 Å². The number of anilines is 1. The van der Waals surface area contributed by atoms with Gasteiger partial charge in [0.1, 0.15) is 18.3 Å². The van der Waals surface area contributed by atoms with E-state index in [4.69, 9.17) is 4.74 Å². The normalized spacial score (nSPS) is 12.1. The second-order valence-corrected chi connectivity index (χ2v) is 12.0. The van der Waals surface area contributed by atoms with E-state index in [0.717, 1.165) is 21.0 Å². The first-order valence-corrected chi connectivity index (χ1v) is 14.8. The van der Waals surface area contributed by atoms with Gasteiger partial charge in [-0.25, -0.2) is 8.42 Å². The molecule has 0 saturated heterocycles. The Kier molecular flexibility index (Phi) is 10.3. The lowest BCUT2D eigenvalue weighted by Gasteiger charge is -2.33. The van der Waals surface area contributed by atoms with E-state index in [9.17, 15) is 18.0 Å². The summed E-state index contributed by atoms with van der Waals surface area (Å²) in [5.41, 5.74) is 3.06. The van der Waals surface area contributed by atoms with Crippen molar-refractivity contribution in [2.45, 2.75) is 64.6 Å². The van der Waals surface area contributed by atoms with Crippen molar-refractivity contribution in [2.75, 3.05) is 18.0 Å². The summed E-state index contributed by atoms with van der Waals surface area (Å²) in [6.07, 6.45) is 0.361. The van der Waals surface area contributed by atoms with Crippen molar-refractivity contribution in [3.8, 4) is 5.75 Å². The quantitative estimate of drug-likeness (QED) is 0.339. The van der Waals surface area contributed by atoms with Gasteiger partial charge in [0.05, 0.1) is 17.7 Å². The van der Waals surface area contributed by atoms with E-state index >= 15 is 0 Å². The maximum atomic E-state index is 14.1. The Morgan fingerprint density at radius 3 is 2.20 bits per heavy atom. The fourth-order valence-corrected chi connectivity index (χ4v) is 5.85. The van der Waals surface area contributed by atoms with Crippen LogP contribution in [-0.4, -0.2) is 50.9 Å². The molecule has 214 valence electrons. The average molecular weight is 566 g/mol. The van der Waals surface area contributed by atoms with Gasteiger partial charge >= 0.3 is 0 Å². The minimum atomic E-state index is -4.15. The van der Waals surface area contributed by atoms with Crippen LogP contribution in [-0.2, 0) is 26.2 Å². The first-order chi connectivity index (χ1) is 19.0. The summed E-state index contributed by atoms with van der Waals surface area (Å²) in [6.45, 7) is 9.03. The van der Waals surface area contributed by atoms with Gasteiger partial charge in [-0.15, -0.1) is 0 Å². The Labute approximate surface area is 238 Å². The fraction of sp³-hybridized carbons (Fsp3) is 0.355. The second kappa shape index (κ2) is 13.5. The van der Waals surface area contributed by atoms with Gasteiger partial charge in [-0.2, -0.15) is 0 Å². The number of amides is 2. The Hall–Kier alpha value is -3.85. The summed E-state index contributed by atoms with van der Waals surface area (Å²) in [4.78, 5) is 28.9. The molecule has 0 unspecified atom stereocenters. The van der Waals surface area contributed by atoms with E-state index in [-0.39, 0.29) is 29.1 Å². The lowest BCUT2D eigenvalue weighted by molar-refractivity contribution is -0.140. The molecule has 0 fully saturated rings. The number of hydrogen-bond donors (Lipinski definition) is 1. The van der Waals surface area contributed by atoms with E-state index in [2.05, 4.69) is 5.32 Å². The molecule has 3 aromatic rings. The van der Waals surface area contributed by atoms with Crippen LogP contribution >= 0.6 is 0 Å². The molecule has 0 aromatic heterocycles. The molecule has 9 heteroatoms. The maximum absolute atomic E-state index is 14.1. The molecule has 0 aliphatic carbocycles. The molecule has 0 saturated carbocycles. The van der Waals surface area contributed by atoms with Crippen LogP contribution < -0.4 is 14.4 Å². The number of methoxy groups -OCH3 is 1. The van der Waals surface area contributed by atoms with Crippen LogP contribution in [0.2, 0.25) is 0 Å². The Balaban J connectivity index is 2.08. The summed E-state index contributed by atoms with van der Waals surface area (Å²) in [7, 11) is -2.65. The molecule has 0 heterocycles. The lowest BCUT2D eigenvalue weighted by atomic mass is 10.1. The summed E-state index contributed by atoms with van der Waals surface area (Å²) >= 11 is 0. The predicted octanol–water partition coefficient (Wildman–Crippen LogP) is 4.84. The summed E-state index contributed by atoms with van der Waals surface area (Å²) in [5.74, 6) is -0.327. The topological polar surface area (TPSA) is 96.0 Å². The number of benzene rings is 3. The summed E-state index contributed by atoms with van der Waals surface area (Å²) in [6, 6.07) is 19.8. The number of sulfonamides is 1. The van der Waals surface area contributed by atoms with Gasteiger partial charge < -0.3 is 15.0 Å². The van der Waals surface area contributed by atoms with Gasteiger partial charge in [0.15, 0.2) is 0 Å². The zero-order valence-electron chi connectivity index (χ0n) is 24.0. The van der Waals surface area contributed by atoms with Gasteiger partial charge in [0, 0.05) is 18.7 Å². The summed E-state index contributed by atoms with van der Waals surface area (Å²) in [5, 5.41) is 2.91. The van der Waals surface area contributed by atoms with Gasteiger partial charge in [-0.05, 0) is 63.9 Å².